The van der Waals surface area contributed by atoms with Crippen LogP contribution in [0.3, 0.4) is 0 Å². The Hall–Kier alpha value is -2.14. The zero-order valence-electron chi connectivity index (χ0n) is 14.9. The van der Waals surface area contributed by atoms with Crippen molar-refractivity contribution in [2.75, 3.05) is 18.5 Å². The molecule has 0 spiro atoms. The van der Waals surface area contributed by atoms with Gasteiger partial charge in [-0.15, -0.1) is 22.0 Å². The van der Waals surface area contributed by atoms with Gasteiger partial charge < -0.3 is 9.64 Å². The molecule has 7 nitrogen and oxygen atoms in total. The van der Waals surface area contributed by atoms with Crippen molar-refractivity contribution in [3.05, 3.63) is 5.01 Å². The Balaban J connectivity index is 2.10. The Morgan fingerprint density at radius 2 is 2.24 bits per heavy atom. The van der Waals surface area contributed by atoms with Gasteiger partial charge >= 0.3 is 12.0 Å². The fraction of sp³-hybridized carbons (Fsp3) is 0.647. The molecule has 1 fully saturated rings. The zero-order chi connectivity index (χ0) is 18.2. The first kappa shape index (κ1) is 19.2. The summed E-state index contributed by atoms with van der Waals surface area (Å²) in [7, 11) is 1.73. The van der Waals surface area contributed by atoms with Crippen LogP contribution in [0, 0.1) is 11.8 Å². The van der Waals surface area contributed by atoms with Crippen molar-refractivity contribution in [2.24, 2.45) is 0 Å². The molecule has 1 atom stereocenters. The number of carbonyl (C=O) groups excluding carboxylic acids is 2. The van der Waals surface area contributed by atoms with Crippen LogP contribution in [-0.2, 0) is 16.0 Å². The third-order valence-corrected chi connectivity index (χ3v) is 4.82. The van der Waals surface area contributed by atoms with Crippen LogP contribution in [0.4, 0.5) is 9.93 Å². The molecule has 0 bridgehead atoms. The number of carbonyl (C=O) groups is 2. The van der Waals surface area contributed by atoms with Crippen LogP contribution >= 0.6 is 11.3 Å². The van der Waals surface area contributed by atoms with Crippen LogP contribution in [0.2, 0.25) is 0 Å². The summed E-state index contributed by atoms with van der Waals surface area (Å²) in [5.41, 5.74) is 0. The molecule has 0 N–H and O–H groups in total. The fourth-order valence-electron chi connectivity index (χ4n) is 2.42. The average Bonchev–Trinajstić information content (AvgIpc) is 3.05. The van der Waals surface area contributed by atoms with Crippen LogP contribution in [0.25, 0.3) is 0 Å². The number of aromatic nitrogens is 2. The van der Waals surface area contributed by atoms with Gasteiger partial charge in [-0.1, -0.05) is 24.7 Å². The monoisotopic (exact) mass is 364 g/mol. The van der Waals surface area contributed by atoms with E-state index >= 15 is 0 Å². The molecule has 1 saturated heterocycles. The molecule has 8 heteroatoms. The van der Waals surface area contributed by atoms with E-state index in [0.717, 1.165) is 24.3 Å². The quantitative estimate of drug-likeness (QED) is 0.549. The number of nitrogens with zero attached hydrogens (tertiary/aromatic N) is 4. The topological polar surface area (TPSA) is 75.6 Å². The molecule has 0 aliphatic carbocycles. The maximum absolute atomic E-state index is 12.6. The molecule has 0 aromatic carbocycles. The molecule has 0 saturated carbocycles. The van der Waals surface area contributed by atoms with E-state index in [-0.39, 0.29) is 18.4 Å². The standard InChI is InChI=1S/C17H24N4O3S/c1-4-6-8-10-15(22)24-14-11-12-20(3)17(23)21(14)16-19-18-13(25-16)9-7-5-2/h14H,5,7-12H2,1-3H3. The second-order valence-corrected chi connectivity index (χ2v) is 6.86. The minimum Gasteiger partial charge on any atom is -0.441 e. The molecule has 1 aromatic rings. The third kappa shape index (κ3) is 5.16. The Labute approximate surface area is 152 Å². The van der Waals surface area contributed by atoms with Crippen LogP contribution in [0.15, 0.2) is 0 Å². The molecule has 2 amide bonds. The number of anilines is 1. The van der Waals surface area contributed by atoms with Gasteiger partial charge in [-0.25, -0.2) is 9.69 Å². The van der Waals surface area contributed by atoms with Crippen molar-refractivity contribution in [3.8, 4) is 11.8 Å². The number of ether oxygens (including phenoxy) is 1. The summed E-state index contributed by atoms with van der Waals surface area (Å²) in [6.45, 7) is 4.38. The Morgan fingerprint density at radius 1 is 1.44 bits per heavy atom. The van der Waals surface area contributed by atoms with E-state index in [9.17, 15) is 9.59 Å². The summed E-state index contributed by atoms with van der Waals surface area (Å²) in [6, 6.07) is -0.226. The number of amides is 2. The largest absolute Gasteiger partial charge is 0.441 e. The number of hydrogen-bond donors (Lipinski definition) is 0. The molecule has 1 aliphatic rings. The van der Waals surface area contributed by atoms with E-state index in [1.807, 2.05) is 0 Å². The molecular formula is C17H24N4O3S. The van der Waals surface area contributed by atoms with Gasteiger partial charge in [0, 0.05) is 32.9 Å². The third-order valence-electron chi connectivity index (χ3n) is 3.84. The maximum atomic E-state index is 12.6. The van der Waals surface area contributed by atoms with E-state index in [1.165, 1.54) is 16.2 Å². The van der Waals surface area contributed by atoms with Crippen LogP contribution < -0.4 is 4.90 Å². The normalized spacial score (nSPS) is 17.2. The van der Waals surface area contributed by atoms with Gasteiger partial charge in [0.05, 0.1) is 6.42 Å². The van der Waals surface area contributed by atoms with Gasteiger partial charge in [0.1, 0.15) is 5.01 Å². The van der Waals surface area contributed by atoms with Crippen LogP contribution in [0.1, 0.15) is 51.0 Å². The zero-order valence-corrected chi connectivity index (χ0v) is 15.8. The highest BCUT2D eigenvalue weighted by atomic mass is 32.1. The summed E-state index contributed by atoms with van der Waals surface area (Å²) in [5.74, 6) is 5.23. The van der Waals surface area contributed by atoms with Crippen molar-refractivity contribution in [3.63, 3.8) is 0 Å². The lowest BCUT2D eigenvalue weighted by molar-refractivity contribution is -0.149. The van der Waals surface area contributed by atoms with E-state index < -0.39 is 6.23 Å². The van der Waals surface area contributed by atoms with E-state index in [4.69, 9.17) is 4.74 Å². The molecule has 0 radical (unpaired) electrons. The summed E-state index contributed by atoms with van der Waals surface area (Å²) in [4.78, 5) is 27.6. The smallest absolute Gasteiger partial charge is 0.329 e. The molecule has 2 rings (SSSR count). The average molecular weight is 364 g/mol. The number of aryl methyl sites for hydroxylation is 1. The lowest BCUT2D eigenvalue weighted by Crippen LogP contribution is -2.54. The molecule has 136 valence electrons. The van der Waals surface area contributed by atoms with Crippen LogP contribution in [0.5, 0.6) is 0 Å². The van der Waals surface area contributed by atoms with E-state index in [2.05, 4.69) is 29.0 Å². The first-order valence-corrected chi connectivity index (χ1v) is 9.34. The van der Waals surface area contributed by atoms with Crippen LogP contribution in [-0.4, -0.2) is 46.9 Å². The van der Waals surface area contributed by atoms with Gasteiger partial charge in [-0.2, -0.15) is 0 Å². The van der Waals surface area contributed by atoms with Crippen molar-refractivity contribution >= 4 is 28.5 Å². The predicted molar refractivity (Wildman–Crippen MR) is 96.2 cm³/mol. The Bertz CT molecular complexity index is 664. The van der Waals surface area contributed by atoms with Crippen molar-refractivity contribution in [1.29, 1.82) is 0 Å². The number of urea groups is 1. The number of rotatable bonds is 7. The molecule has 2 heterocycles. The lowest BCUT2D eigenvalue weighted by Gasteiger charge is -2.37. The highest BCUT2D eigenvalue weighted by Crippen LogP contribution is 2.28. The highest BCUT2D eigenvalue weighted by molar-refractivity contribution is 7.15. The van der Waals surface area contributed by atoms with E-state index in [1.54, 1.807) is 18.9 Å². The van der Waals surface area contributed by atoms with E-state index in [0.29, 0.717) is 24.5 Å². The summed E-state index contributed by atoms with van der Waals surface area (Å²) in [5, 5.41) is 9.67. The molecule has 1 aliphatic heterocycles. The first-order chi connectivity index (χ1) is 12.1. The molecular weight excluding hydrogens is 340 g/mol. The summed E-state index contributed by atoms with van der Waals surface area (Å²) < 4.78 is 5.52. The molecule has 1 aromatic heterocycles. The molecule has 1 unspecified atom stereocenters. The van der Waals surface area contributed by atoms with Gasteiger partial charge in [-0.3, -0.25) is 4.79 Å². The summed E-state index contributed by atoms with van der Waals surface area (Å²) in [6.07, 6.45) is 3.50. The number of hydrogen-bond acceptors (Lipinski definition) is 6. The fourth-order valence-corrected chi connectivity index (χ4v) is 3.34. The molecule has 25 heavy (non-hydrogen) atoms. The predicted octanol–water partition coefficient (Wildman–Crippen LogP) is 2.82. The number of esters is 1. The lowest BCUT2D eigenvalue weighted by atomic mass is 10.2. The minimum absolute atomic E-state index is 0.215. The maximum Gasteiger partial charge on any atom is 0.329 e. The van der Waals surface area contributed by atoms with Gasteiger partial charge in [0.25, 0.3) is 0 Å². The highest BCUT2D eigenvalue weighted by Gasteiger charge is 2.37. The van der Waals surface area contributed by atoms with Crippen molar-refractivity contribution in [1.82, 2.24) is 15.1 Å². The SMILES string of the molecule is CC#CCCC(=O)OC1CCN(C)C(=O)N1c1nnc(CCCC)s1. The second-order valence-electron chi connectivity index (χ2n) is 5.82. The van der Waals surface area contributed by atoms with Gasteiger partial charge in [-0.05, 0) is 13.3 Å². The minimum atomic E-state index is -0.641. The van der Waals surface area contributed by atoms with Gasteiger partial charge in [0.15, 0.2) is 6.23 Å². The van der Waals surface area contributed by atoms with Crippen molar-refractivity contribution in [2.45, 2.75) is 58.6 Å². The first-order valence-electron chi connectivity index (χ1n) is 8.52. The summed E-state index contributed by atoms with van der Waals surface area (Å²) >= 11 is 1.38. The van der Waals surface area contributed by atoms with Crippen molar-refractivity contribution < 1.29 is 14.3 Å². The number of unbranched alkanes of at least 4 members (excludes halogenated alkanes) is 1. The second kappa shape index (κ2) is 9.37. The Kier molecular flexibility index (Phi) is 7.19. The van der Waals surface area contributed by atoms with Gasteiger partial charge in [0.2, 0.25) is 5.13 Å². The Morgan fingerprint density at radius 3 is 2.96 bits per heavy atom.